The van der Waals surface area contributed by atoms with Crippen LogP contribution in [-0.4, -0.2) is 43.1 Å². The van der Waals surface area contributed by atoms with Gasteiger partial charge in [0.2, 0.25) is 10.0 Å². The second kappa shape index (κ2) is 9.26. The van der Waals surface area contributed by atoms with Crippen LogP contribution >= 0.6 is 11.6 Å². The van der Waals surface area contributed by atoms with E-state index < -0.39 is 28.1 Å². The molecule has 0 bridgehead atoms. The van der Waals surface area contributed by atoms with E-state index in [1.807, 2.05) is 0 Å². The molecule has 0 heterocycles. The van der Waals surface area contributed by atoms with Gasteiger partial charge in [0.15, 0.2) is 0 Å². The Labute approximate surface area is 176 Å². The van der Waals surface area contributed by atoms with Crippen molar-refractivity contribution in [1.82, 2.24) is 4.31 Å². The van der Waals surface area contributed by atoms with Gasteiger partial charge < -0.3 is 9.84 Å². The van der Waals surface area contributed by atoms with Gasteiger partial charge in [-0.05, 0) is 54.8 Å². The van der Waals surface area contributed by atoms with Crippen LogP contribution in [0.4, 0.5) is 0 Å². The first-order chi connectivity index (χ1) is 13.8. The minimum Gasteiger partial charge on any atom is -0.465 e. The number of aliphatic hydroxyl groups is 1. The lowest BCUT2D eigenvalue weighted by molar-refractivity contribution is 0.0533. The van der Waals surface area contributed by atoms with Crippen molar-refractivity contribution in [1.29, 1.82) is 0 Å². The molecule has 1 aliphatic rings. The Kier molecular flexibility index (Phi) is 6.95. The highest BCUT2D eigenvalue weighted by Crippen LogP contribution is 2.30. The van der Waals surface area contributed by atoms with Gasteiger partial charge in [-0.1, -0.05) is 36.6 Å². The largest absolute Gasteiger partial charge is 0.465 e. The van der Waals surface area contributed by atoms with Crippen molar-refractivity contribution in [3.05, 3.63) is 64.7 Å². The minimum atomic E-state index is -3.86. The van der Waals surface area contributed by atoms with Crippen molar-refractivity contribution in [3.8, 4) is 0 Å². The lowest BCUT2D eigenvalue weighted by Gasteiger charge is -2.36. The standard InChI is InChI=1S/C21H24ClNO5S/c1-28-21(25)16-8-6-15(7-9-16)14-23(19-4-2-3-5-20(19)24)29(26,27)18-12-10-17(22)11-13-18/h6-13,19-20,24H,2-5,14H2,1H3/t19-,20-/m0/s1. The molecule has 0 radical (unpaired) electrons. The van der Waals surface area contributed by atoms with Crippen LogP contribution in [0.5, 0.6) is 0 Å². The molecule has 0 amide bonds. The highest BCUT2D eigenvalue weighted by molar-refractivity contribution is 7.89. The number of halogens is 1. The summed E-state index contributed by atoms with van der Waals surface area (Å²) in [5, 5.41) is 11.0. The van der Waals surface area contributed by atoms with E-state index in [1.54, 1.807) is 24.3 Å². The van der Waals surface area contributed by atoms with Gasteiger partial charge in [0, 0.05) is 11.6 Å². The van der Waals surface area contributed by atoms with Gasteiger partial charge in [-0.2, -0.15) is 4.31 Å². The third-order valence-electron chi connectivity index (χ3n) is 5.20. The monoisotopic (exact) mass is 437 g/mol. The second-order valence-electron chi connectivity index (χ2n) is 7.11. The van der Waals surface area contributed by atoms with Crippen LogP contribution in [0.1, 0.15) is 41.6 Å². The van der Waals surface area contributed by atoms with E-state index in [-0.39, 0.29) is 11.4 Å². The maximum absolute atomic E-state index is 13.4. The van der Waals surface area contributed by atoms with Gasteiger partial charge >= 0.3 is 5.97 Å². The molecular weight excluding hydrogens is 414 g/mol. The zero-order valence-corrected chi connectivity index (χ0v) is 17.7. The number of nitrogens with zero attached hydrogens (tertiary/aromatic N) is 1. The maximum atomic E-state index is 13.4. The van der Waals surface area contributed by atoms with Crippen molar-refractivity contribution in [2.24, 2.45) is 0 Å². The van der Waals surface area contributed by atoms with E-state index in [0.29, 0.717) is 29.0 Å². The molecule has 156 valence electrons. The van der Waals surface area contributed by atoms with Crippen molar-refractivity contribution in [2.75, 3.05) is 7.11 Å². The maximum Gasteiger partial charge on any atom is 0.337 e. The predicted molar refractivity (Wildman–Crippen MR) is 110 cm³/mol. The van der Waals surface area contributed by atoms with E-state index >= 15 is 0 Å². The van der Waals surface area contributed by atoms with Crippen molar-refractivity contribution >= 4 is 27.6 Å². The molecular formula is C21H24ClNO5S. The molecule has 2 aromatic rings. The normalized spacial score (nSPS) is 19.9. The van der Waals surface area contributed by atoms with Crippen LogP contribution in [0.25, 0.3) is 0 Å². The summed E-state index contributed by atoms with van der Waals surface area (Å²) in [5.41, 5.74) is 1.11. The summed E-state index contributed by atoms with van der Waals surface area (Å²) in [6.45, 7) is 0.0914. The minimum absolute atomic E-state index is 0.0914. The van der Waals surface area contributed by atoms with E-state index in [1.165, 1.54) is 35.7 Å². The Balaban J connectivity index is 1.95. The Hall–Kier alpha value is -1.93. The van der Waals surface area contributed by atoms with Crippen LogP contribution in [0.2, 0.25) is 5.02 Å². The van der Waals surface area contributed by atoms with E-state index in [2.05, 4.69) is 0 Å². The summed E-state index contributed by atoms with van der Waals surface area (Å²) in [6.07, 6.45) is 2.17. The zero-order chi connectivity index (χ0) is 21.0. The number of hydrogen-bond acceptors (Lipinski definition) is 5. The first-order valence-electron chi connectivity index (χ1n) is 9.45. The lowest BCUT2D eigenvalue weighted by Crippen LogP contribution is -2.48. The van der Waals surface area contributed by atoms with Crippen molar-refractivity contribution in [2.45, 2.75) is 49.3 Å². The molecule has 1 fully saturated rings. The average Bonchev–Trinajstić information content (AvgIpc) is 2.73. The number of esters is 1. The van der Waals surface area contributed by atoms with E-state index in [4.69, 9.17) is 16.3 Å². The number of rotatable bonds is 6. The smallest absolute Gasteiger partial charge is 0.337 e. The number of aliphatic hydroxyl groups excluding tert-OH is 1. The summed E-state index contributed by atoms with van der Waals surface area (Å²) >= 11 is 5.91. The molecule has 29 heavy (non-hydrogen) atoms. The number of benzene rings is 2. The molecule has 1 aliphatic carbocycles. The highest BCUT2D eigenvalue weighted by atomic mass is 35.5. The van der Waals surface area contributed by atoms with Crippen LogP contribution in [-0.2, 0) is 21.3 Å². The molecule has 0 spiro atoms. The molecule has 3 rings (SSSR count). The van der Waals surface area contributed by atoms with E-state index in [9.17, 15) is 18.3 Å². The summed E-state index contributed by atoms with van der Waals surface area (Å²) in [4.78, 5) is 11.8. The van der Waals surface area contributed by atoms with Crippen molar-refractivity contribution in [3.63, 3.8) is 0 Å². The fourth-order valence-electron chi connectivity index (χ4n) is 3.59. The molecule has 6 nitrogen and oxygen atoms in total. The first kappa shape index (κ1) is 21.8. The Morgan fingerprint density at radius 3 is 2.31 bits per heavy atom. The van der Waals surface area contributed by atoms with Crippen LogP contribution in [0, 0.1) is 0 Å². The molecule has 2 atom stereocenters. The molecule has 0 saturated heterocycles. The van der Waals surface area contributed by atoms with Gasteiger partial charge in [0.25, 0.3) is 0 Å². The summed E-state index contributed by atoms with van der Waals surface area (Å²) in [6, 6.07) is 12.1. The number of carbonyl (C=O) groups is 1. The van der Waals surface area contributed by atoms with Crippen molar-refractivity contribution < 1.29 is 23.1 Å². The number of hydrogen-bond donors (Lipinski definition) is 1. The summed E-state index contributed by atoms with van der Waals surface area (Å²) in [5.74, 6) is -0.454. The SMILES string of the molecule is COC(=O)c1ccc(CN([C@H]2CCCC[C@@H]2O)S(=O)(=O)c2ccc(Cl)cc2)cc1. The summed E-state index contributed by atoms with van der Waals surface area (Å²) in [7, 11) is -2.55. The van der Waals surface area contributed by atoms with Crippen LogP contribution in [0.15, 0.2) is 53.4 Å². The fourth-order valence-corrected chi connectivity index (χ4v) is 5.39. The van der Waals surface area contributed by atoms with E-state index in [0.717, 1.165) is 12.8 Å². The van der Waals surface area contributed by atoms with Gasteiger partial charge in [-0.25, -0.2) is 13.2 Å². The van der Waals surface area contributed by atoms with Crippen LogP contribution < -0.4 is 0 Å². The van der Waals surface area contributed by atoms with Gasteiger partial charge in [0.1, 0.15) is 0 Å². The molecule has 8 heteroatoms. The predicted octanol–water partition coefficient (Wildman–Crippen LogP) is 3.62. The Morgan fingerprint density at radius 1 is 1.10 bits per heavy atom. The molecule has 0 aromatic heterocycles. The topological polar surface area (TPSA) is 83.9 Å². The second-order valence-corrected chi connectivity index (χ2v) is 9.44. The zero-order valence-electron chi connectivity index (χ0n) is 16.1. The number of sulfonamides is 1. The number of ether oxygens (including phenoxy) is 1. The van der Waals surface area contributed by atoms with Gasteiger partial charge in [-0.15, -0.1) is 0 Å². The quantitative estimate of drug-likeness (QED) is 0.698. The highest BCUT2D eigenvalue weighted by Gasteiger charge is 2.37. The molecule has 2 aromatic carbocycles. The van der Waals surface area contributed by atoms with Gasteiger partial charge in [-0.3, -0.25) is 0 Å². The molecule has 0 unspecified atom stereocenters. The third-order valence-corrected chi connectivity index (χ3v) is 7.33. The number of carbonyl (C=O) groups excluding carboxylic acids is 1. The lowest BCUT2D eigenvalue weighted by atomic mass is 9.92. The Bertz CT molecular complexity index is 944. The van der Waals surface area contributed by atoms with Crippen LogP contribution in [0.3, 0.4) is 0 Å². The van der Waals surface area contributed by atoms with Gasteiger partial charge in [0.05, 0.1) is 29.7 Å². The number of methoxy groups -OCH3 is 1. The average molecular weight is 438 g/mol. The molecule has 1 N–H and O–H groups in total. The Morgan fingerprint density at radius 2 is 1.72 bits per heavy atom. The molecule has 1 saturated carbocycles. The third kappa shape index (κ3) is 4.98. The first-order valence-corrected chi connectivity index (χ1v) is 11.3. The molecule has 0 aliphatic heterocycles. The summed E-state index contributed by atoms with van der Waals surface area (Å²) < 4.78 is 32.9. The fraction of sp³-hybridized carbons (Fsp3) is 0.381.